The number of rotatable bonds is 4. The van der Waals surface area contributed by atoms with Crippen molar-refractivity contribution in [3.8, 4) is 11.4 Å². The van der Waals surface area contributed by atoms with E-state index in [9.17, 15) is 18.3 Å². The number of aryl methyl sites for hydroxylation is 2. The zero-order chi connectivity index (χ0) is 16.5. The van der Waals surface area contributed by atoms with Crippen LogP contribution in [-0.4, -0.2) is 27.0 Å². The first-order chi connectivity index (χ1) is 10.1. The Kier molecular flexibility index (Phi) is 4.15. The van der Waals surface area contributed by atoms with Crippen molar-refractivity contribution in [2.45, 2.75) is 38.5 Å². The summed E-state index contributed by atoms with van der Waals surface area (Å²) >= 11 is 0. The molecule has 2 aromatic rings. The molecule has 0 aliphatic carbocycles. The number of aliphatic hydroxyl groups is 1. The van der Waals surface area contributed by atoms with E-state index in [0.717, 1.165) is 5.56 Å². The molecule has 8 heteroatoms. The van der Waals surface area contributed by atoms with Crippen LogP contribution in [0.1, 0.15) is 24.8 Å². The lowest BCUT2D eigenvalue weighted by atomic mass is 10.00. The van der Waals surface area contributed by atoms with Gasteiger partial charge in [-0.15, -0.1) is 0 Å². The summed E-state index contributed by atoms with van der Waals surface area (Å²) in [5.41, 5.74) is 5.06. The molecule has 0 aliphatic rings. The van der Waals surface area contributed by atoms with Gasteiger partial charge in [-0.1, -0.05) is 17.3 Å². The van der Waals surface area contributed by atoms with Gasteiger partial charge in [0.15, 0.2) is 5.60 Å². The Morgan fingerprint density at radius 1 is 1.32 bits per heavy atom. The van der Waals surface area contributed by atoms with E-state index < -0.39 is 18.2 Å². The Labute approximate surface area is 124 Å². The van der Waals surface area contributed by atoms with Crippen LogP contribution < -0.4 is 5.73 Å². The first kappa shape index (κ1) is 16.3. The molecule has 3 N–H and O–H groups in total. The molecule has 22 heavy (non-hydrogen) atoms. The SMILES string of the molecule is Cc1ccc(-c2noc(CC[C@](C)(O)C(F)(F)F)n2)cc1N. The average Bonchev–Trinajstić information content (AvgIpc) is 2.87. The molecule has 0 unspecified atom stereocenters. The molecule has 2 rings (SSSR count). The molecule has 0 amide bonds. The highest BCUT2D eigenvalue weighted by Gasteiger charge is 2.49. The minimum atomic E-state index is -4.71. The van der Waals surface area contributed by atoms with Crippen molar-refractivity contribution in [2.24, 2.45) is 0 Å². The van der Waals surface area contributed by atoms with E-state index in [1.54, 1.807) is 18.2 Å². The van der Waals surface area contributed by atoms with Gasteiger partial charge in [0.25, 0.3) is 0 Å². The minimum Gasteiger partial charge on any atom is -0.398 e. The van der Waals surface area contributed by atoms with Gasteiger partial charge in [0.1, 0.15) is 0 Å². The molecular weight excluding hydrogens is 299 g/mol. The Morgan fingerprint density at radius 3 is 2.59 bits per heavy atom. The van der Waals surface area contributed by atoms with Gasteiger partial charge in [-0.25, -0.2) is 0 Å². The molecule has 5 nitrogen and oxygen atoms in total. The molecule has 1 atom stereocenters. The maximum absolute atomic E-state index is 12.6. The van der Waals surface area contributed by atoms with Crippen molar-refractivity contribution >= 4 is 5.69 Å². The normalized spacial score (nSPS) is 14.8. The van der Waals surface area contributed by atoms with Crippen molar-refractivity contribution in [2.75, 3.05) is 5.73 Å². The molecular formula is C14H16F3N3O2. The van der Waals surface area contributed by atoms with E-state index in [0.29, 0.717) is 18.2 Å². The molecule has 1 aromatic carbocycles. The van der Waals surface area contributed by atoms with Gasteiger partial charge >= 0.3 is 6.18 Å². The quantitative estimate of drug-likeness (QED) is 0.847. The Morgan fingerprint density at radius 2 is 2.00 bits per heavy atom. The summed E-state index contributed by atoms with van der Waals surface area (Å²) in [6, 6.07) is 5.19. The van der Waals surface area contributed by atoms with Gasteiger partial charge in [-0.3, -0.25) is 0 Å². The fourth-order valence-corrected chi connectivity index (χ4v) is 1.75. The van der Waals surface area contributed by atoms with Crippen LogP contribution >= 0.6 is 0 Å². The van der Waals surface area contributed by atoms with Crippen LogP contribution in [-0.2, 0) is 6.42 Å². The molecule has 1 heterocycles. The number of halogens is 3. The Balaban J connectivity index is 2.10. The second-order valence-electron chi connectivity index (χ2n) is 5.35. The summed E-state index contributed by atoms with van der Waals surface area (Å²) in [6.07, 6.45) is -5.45. The minimum absolute atomic E-state index is 0.0265. The van der Waals surface area contributed by atoms with Crippen LogP contribution in [0, 0.1) is 6.92 Å². The highest BCUT2D eigenvalue weighted by molar-refractivity contribution is 5.63. The molecule has 0 radical (unpaired) electrons. The number of benzene rings is 1. The van der Waals surface area contributed by atoms with E-state index >= 15 is 0 Å². The van der Waals surface area contributed by atoms with Crippen LogP contribution in [0.5, 0.6) is 0 Å². The van der Waals surface area contributed by atoms with Crippen molar-refractivity contribution in [3.63, 3.8) is 0 Å². The standard InChI is InChI=1S/C14H16F3N3O2/c1-8-3-4-9(7-10(8)18)12-19-11(22-20-12)5-6-13(2,21)14(15,16)17/h3-4,7,21H,5-6,18H2,1-2H3/t13-/m0/s1. The number of hydrogen-bond donors (Lipinski definition) is 2. The van der Waals surface area contributed by atoms with Gasteiger partial charge in [0, 0.05) is 17.7 Å². The highest BCUT2D eigenvalue weighted by Crippen LogP contribution is 2.33. The molecule has 0 spiro atoms. The van der Waals surface area contributed by atoms with E-state index in [2.05, 4.69) is 10.1 Å². The first-order valence-electron chi connectivity index (χ1n) is 6.58. The number of hydrogen-bond acceptors (Lipinski definition) is 5. The lowest BCUT2D eigenvalue weighted by molar-refractivity contribution is -0.255. The summed E-state index contributed by atoms with van der Waals surface area (Å²) in [5.74, 6) is 0.270. The smallest absolute Gasteiger partial charge is 0.398 e. The molecule has 0 saturated heterocycles. The third kappa shape index (κ3) is 3.38. The molecule has 0 bridgehead atoms. The molecule has 0 saturated carbocycles. The second kappa shape index (κ2) is 5.60. The maximum atomic E-state index is 12.6. The maximum Gasteiger partial charge on any atom is 0.416 e. The lowest BCUT2D eigenvalue weighted by Gasteiger charge is -2.25. The fourth-order valence-electron chi connectivity index (χ4n) is 1.75. The number of nitrogens with two attached hydrogens (primary N) is 1. The van der Waals surface area contributed by atoms with Gasteiger partial charge in [-0.2, -0.15) is 18.2 Å². The van der Waals surface area contributed by atoms with Crippen molar-refractivity contribution < 1.29 is 22.8 Å². The number of nitrogens with zero attached hydrogens (tertiary/aromatic N) is 2. The van der Waals surface area contributed by atoms with E-state index in [1.807, 2.05) is 6.92 Å². The van der Waals surface area contributed by atoms with Gasteiger partial charge < -0.3 is 15.4 Å². The third-order valence-electron chi connectivity index (χ3n) is 3.44. The zero-order valence-corrected chi connectivity index (χ0v) is 12.1. The average molecular weight is 315 g/mol. The molecule has 120 valence electrons. The fraction of sp³-hybridized carbons (Fsp3) is 0.429. The first-order valence-corrected chi connectivity index (χ1v) is 6.58. The van der Waals surface area contributed by atoms with Crippen molar-refractivity contribution in [3.05, 3.63) is 29.7 Å². The highest BCUT2D eigenvalue weighted by atomic mass is 19.4. The summed E-state index contributed by atoms with van der Waals surface area (Å²) in [4.78, 5) is 4.02. The molecule has 0 aliphatic heterocycles. The Bertz CT molecular complexity index is 666. The van der Waals surface area contributed by atoms with Crippen LogP contribution in [0.4, 0.5) is 18.9 Å². The third-order valence-corrected chi connectivity index (χ3v) is 3.44. The van der Waals surface area contributed by atoms with Crippen LogP contribution in [0.3, 0.4) is 0 Å². The summed E-state index contributed by atoms with van der Waals surface area (Å²) in [7, 11) is 0. The van der Waals surface area contributed by atoms with E-state index in [1.165, 1.54) is 0 Å². The molecule has 1 aromatic heterocycles. The van der Waals surface area contributed by atoms with Crippen molar-refractivity contribution in [1.29, 1.82) is 0 Å². The van der Waals surface area contributed by atoms with Gasteiger partial charge in [0.2, 0.25) is 11.7 Å². The topological polar surface area (TPSA) is 85.2 Å². The lowest BCUT2D eigenvalue weighted by Crippen LogP contribution is -2.42. The second-order valence-corrected chi connectivity index (χ2v) is 5.35. The number of anilines is 1. The molecule has 0 fully saturated rings. The largest absolute Gasteiger partial charge is 0.416 e. The Hall–Kier alpha value is -2.09. The van der Waals surface area contributed by atoms with E-state index in [-0.39, 0.29) is 18.1 Å². The van der Waals surface area contributed by atoms with Crippen LogP contribution in [0.2, 0.25) is 0 Å². The van der Waals surface area contributed by atoms with Gasteiger partial charge in [-0.05, 0) is 31.9 Å². The van der Waals surface area contributed by atoms with Crippen LogP contribution in [0.25, 0.3) is 11.4 Å². The number of alkyl halides is 3. The van der Waals surface area contributed by atoms with Crippen molar-refractivity contribution in [1.82, 2.24) is 10.1 Å². The summed E-state index contributed by atoms with van der Waals surface area (Å²) in [6.45, 7) is 2.56. The summed E-state index contributed by atoms with van der Waals surface area (Å²) in [5, 5.41) is 13.1. The zero-order valence-electron chi connectivity index (χ0n) is 12.1. The number of aromatic nitrogens is 2. The predicted molar refractivity (Wildman–Crippen MR) is 73.9 cm³/mol. The summed E-state index contributed by atoms with van der Waals surface area (Å²) < 4.78 is 42.6. The van der Waals surface area contributed by atoms with Gasteiger partial charge in [0.05, 0.1) is 0 Å². The monoisotopic (exact) mass is 315 g/mol. The van der Waals surface area contributed by atoms with Crippen LogP contribution in [0.15, 0.2) is 22.7 Å². The predicted octanol–water partition coefficient (Wildman–Crippen LogP) is 2.87. The van der Waals surface area contributed by atoms with E-state index in [4.69, 9.17) is 10.3 Å². The number of nitrogen functional groups attached to an aromatic ring is 1.